The van der Waals surface area contributed by atoms with E-state index in [2.05, 4.69) is 39.8 Å². The van der Waals surface area contributed by atoms with Gasteiger partial charge < -0.3 is 10.6 Å². The van der Waals surface area contributed by atoms with Crippen molar-refractivity contribution in [1.82, 2.24) is 15.5 Å². The SMILES string of the molecule is O=C(NC(C(=O)NC1CCN(Cc2ccccc2)CC1)c1ccccc1)c1cccs1. The normalized spacial score (nSPS) is 15.9. The van der Waals surface area contributed by atoms with E-state index in [4.69, 9.17) is 0 Å². The van der Waals surface area contributed by atoms with E-state index < -0.39 is 6.04 Å². The number of benzene rings is 2. The number of nitrogens with one attached hydrogen (secondary N) is 2. The number of thiophene rings is 1. The van der Waals surface area contributed by atoms with Gasteiger partial charge >= 0.3 is 0 Å². The van der Waals surface area contributed by atoms with E-state index >= 15 is 0 Å². The molecule has 31 heavy (non-hydrogen) atoms. The van der Waals surface area contributed by atoms with E-state index in [1.54, 1.807) is 6.07 Å². The molecule has 0 saturated carbocycles. The van der Waals surface area contributed by atoms with E-state index in [9.17, 15) is 9.59 Å². The molecule has 0 spiro atoms. The van der Waals surface area contributed by atoms with E-state index in [1.165, 1.54) is 16.9 Å². The van der Waals surface area contributed by atoms with Crippen molar-refractivity contribution in [3.8, 4) is 0 Å². The summed E-state index contributed by atoms with van der Waals surface area (Å²) in [6.07, 6.45) is 1.80. The fraction of sp³-hybridized carbons (Fsp3) is 0.280. The molecule has 1 atom stereocenters. The van der Waals surface area contributed by atoms with Crippen molar-refractivity contribution < 1.29 is 9.59 Å². The summed E-state index contributed by atoms with van der Waals surface area (Å²) >= 11 is 1.37. The molecule has 2 N–H and O–H groups in total. The minimum absolute atomic E-state index is 0.115. The third-order valence-corrected chi connectivity index (χ3v) is 6.47. The fourth-order valence-corrected chi connectivity index (χ4v) is 4.54. The minimum atomic E-state index is -0.710. The summed E-state index contributed by atoms with van der Waals surface area (Å²) in [6.45, 7) is 2.82. The van der Waals surface area contributed by atoms with E-state index in [1.807, 2.05) is 47.8 Å². The highest BCUT2D eigenvalue weighted by Crippen LogP contribution is 2.18. The zero-order chi connectivity index (χ0) is 21.5. The first kappa shape index (κ1) is 21.3. The van der Waals surface area contributed by atoms with Crippen LogP contribution in [0.25, 0.3) is 0 Å². The van der Waals surface area contributed by atoms with Crippen LogP contribution in [0.2, 0.25) is 0 Å². The minimum Gasteiger partial charge on any atom is -0.351 e. The maximum atomic E-state index is 13.2. The predicted molar refractivity (Wildman–Crippen MR) is 124 cm³/mol. The number of hydrogen-bond donors (Lipinski definition) is 2. The van der Waals surface area contributed by atoms with Crippen LogP contribution in [0, 0.1) is 0 Å². The second-order valence-electron chi connectivity index (χ2n) is 7.84. The van der Waals surface area contributed by atoms with Gasteiger partial charge in [-0.15, -0.1) is 11.3 Å². The van der Waals surface area contributed by atoms with Crippen LogP contribution in [0.3, 0.4) is 0 Å². The zero-order valence-corrected chi connectivity index (χ0v) is 18.2. The van der Waals surface area contributed by atoms with Gasteiger partial charge in [0.05, 0.1) is 4.88 Å². The molecule has 3 aromatic rings. The molecule has 2 heterocycles. The molecule has 160 valence electrons. The average Bonchev–Trinajstić information content (AvgIpc) is 3.35. The van der Waals surface area contributed by atoms with Gasteiger partial charge in [-0.1, -0.05) is 66.7 Å². The molecule has 1 fully saturated rings. The smallest absolute Gasteiger partial charge is 0.262 e. The Morgan fingerprint density at radius 1 is 0.935 bits per heavy atom. The molecule has 6 heteroatoms. The Balaban J connectivity index is 1.36. The molecule has 2 aromatic carbocycles. The Morgan fingerprint density at radius 3 is 2.26 bits per heavy atom. The third-order valence-electron chi connectivity index (χ3n) is 5.60. The Hall–Kier alpha value is -2.96. The van der Waals surface area contributed by atoms with Gasteiger partial charge in [0.1, 0.15) is 6.04 Å². The first-order valence-corrected chi connectivity index (χ1v) is 11.5. The molecule has 0 bridgehead atoms. The molecule has 0 aliphatic carbocycles. The molecule has 1 aliphatic heterocycles. The number of piperidine rings is 1. The third kappa shape index (κ3) is 5.81. The molecule has 0 radical (unpaired) electrons. The highest BCUT2D eigenvalue weighted by atomic mass is 32.1. The van der Waals surface area contributed by atoms with Crippen molar-refractivity contribution in [2.24, 2.45) is 0 Å². The van der Waals surface area contributed by atoms with Gasteiger partial charge in [-0.3, -0.25) is 14.5 Å². The summed E-state index contributed by atoms with van der Waals surface area (Å²) in [5, 5.41) is 7.95. The lowest BCUT2D eigenvalue weighted by Gasteiger charge is -2.33. The van der Waals surface area contributed by atoms with Crippen LogP contribution in [0.4, 0.5) is 0 Å². The molecule has 2 amide bonds. The van der Waals surface area contributed by atoms with Crippen LogP contribution in [-0.4, -0.2) is 35.8 Å². The lowest BCUT2D eigenvalue weighted by molar-refractivity contribution is -0.124. The molecule has 4 rings (SSSR count). The summed E-state index contributed by atoms with van der Waals surface area (Å²) in [7, 11) is 0. The number of carbonyl (C=O) groups excluding carboxylic acids is 2. The first-order valence-electron chi connectivity index (χ1n) is 10.6. The van der Waals surface area contributed by atoms with Crippen molar-refractivity contribution in [3.05, 3.63) is 94.2 Å². The van der Waals surface area contributed by atoms with Gasteiger partial charge in [0.15, 0.2) is 0 Å². The van der Waals surface area contributed by atoms with Gasteiger partial charge in [0, 0.05) is 25.7 Å². The zero-order valence-electron chi connectivity index (χ0n) is 17.4. The van der Waals surface area contributed by atoms with Crippen molar-refractivity contribution in [2.45, 2.75) is 31.5 Å². The van der Waals surface area contributed by atoms with Gasteiger partial charge in [-0.25, -0.2) is 0 Å². The number of hydrogen-bond acceptors (Lipinski definition) is 4. The first-order chi connectivity index (χ1) is 15.2. The van der Waals surface area contributed by atoms with Crippen molar-refractivity contribution in [2.75, 3.05) is 13.1 Å². The monoisotopic (exact) mass is 433 g/mol. The lowest BCUT2D eigenvalue weighted by Crippen LogP contribution is -2.48. The van der Waals surface area contributed by atoms with Crippen LogP contribution < -0.4 is 10.6 Å². The maximum absolute atomic E-state index is 13.2. The van der Waals surface area contributed by atoms with Gasteiger partial charge in [-0.2, -0.15) is 0 Å². The highest BCUT2D eigenvalue weighted by molar-refractivity contribution is 7.12. The summed E-state index contributed by atoms with van der Waals surface area (Å²) in [6, 6.07) is 22.9. The Morgan fingerprint density at radius 2 is 1.61 bits per heavy atom. The molecule has 1 aromatic heterocycles. The van der Waals surface area contributed by atoms with Crippen LogP contribution >= 0.6 is 11.3 Å². The summed E-state index contributed by atoms with van der Waals surface area (Å²) < 4.78 is 0. The average molecular weight is 434 g/mol. The molecule has 1 saturated heterocycles. The second kappa shape index (κ2) is 10.4. The van der Waals surface area contributed by atoms with E-state index in [0.29, 0.717) is 4.88 Å². The molecular weight excluding hydrogens is 406 g/mol. The Kier molecular flexibility index (Phi) is 7.12. The largest absolute Gasteiger partial charge is 0.351 e. The van der Waals surface area contributed by atoms with Gasteiger partial charge in [-0.05, 0) is 35.4 Å². The summed E-state index contributed by atoms with van der Waals surface area (Å²) in [5.41, 5.74) is 2.09. The second-order valence-corrected chi connectivity index (χ2v) is 8.79. The number of rotatable bonds is 7. The molecule has 1 aliphatic rings. The number of nitrogens with zero attached hydrogens (tertiary/aromatic N) is 1. The fourth-order valence-electron chi connectivity index (χ4n) is 3.92. The summed E-state index contributed by atoms with van der Waals surface area (Å²) in [4.78, 5) is 28.8. The number of amides is 2. The lowest BCUT2D eigenvalue weighted by atomic mass is 10.0. The van der Waals surface area contributed by atoms with Crippen molar-refractivity contribution in [3.63, 3.8) is 0 Å². The van der Waals surface area contributed by atoms with Crippen LogP contribution in [0.5, 0.6) is 0 Å². The maximum Gasteiger partial charge on any atom is 0.262 e. The Labute approximate surface area is 187 Å². The summed E-state index contributed by atoms with van der Waals surface area (Å²) in [5.74, 6) is -0.380. The van der Waals surface area contributed by atoms with E-state index in [0.717, 1.165) is 38.0 Å². The number of likely N-dealkylation sites (tertiary alicyclic amines) is 1. The number of carbonyl (C=O) groups is 2. The van der Waals surface area contributed by atoms with Crippen LogP contribution in [-0.2, 0) is 11.3 Å². The van der Waals surface area contributed by atoms with Crippen LogP contribution in [0.15, 0.2) is 78.2 Å². The van der Waals surface area contributed by atoms with Gasteiger partial charge in [0.2, 0.25) is 5.91 Å². The Bertz CT molecular complexity index is 969. The quantitative estimate of drug-likeness (QED) is 0.592. The van der Waals surface area contributed by atoms with Crippen molar-refractivity contribution in [1.29, 1.82) is 0 Å². The highest BCUT2D eigenvalue weighted by Gasteiger charge is 2.27. The molecule has 5 nitrogen and oxygen atoms in total. The molecule has 1 unspecified atom stereocenters. The van der Waals surface area contributed by atoms with E-state index in [-0.39, 0.29) is 17.9 Å². The topological polar surface area (TPSA) is 61.4 Å². The predicted octanol–water partition coefficient (Wildman–Crippen LogP) is 4.00. The standard InChI is InChI=1S/C25H27N3O2S/c29-24(22-12-7-17-31-22)27-23(20-10-5-2-6-11-20)25(30)26-21-13-15-28(16-14-21)18-19-8-3-1-4-9-19/h1-12,17,21,23H,13-16,18H2,(H,26,30)(H,27,29). The van der Waals surface area contributed by atoms with Crippen LogP contribution in [0.1, 0.15) is 39.7 Å². The van der Waals surface area contributed by atoms with Gasteiger partial charge in [0.25, 0.3) is 5.91 Å². The molecular formula is C25H27N3O2S. The van der Waals surface area contributed by atoms with Crippen molar-refractivity contribution >= 4 is 23.2 Å².